The maximum absolute atomic E-state index is 5.42. The summed E-state index contributed by atoms with van der Waals surface area (Å²) in [4.78, 5) is 10.5. The van der Waals surface area contributed by atoms with Gasteiger partial charge in [0.15, 0.2) is 5.82 Å². The fourth-order valence-corrected chi connectivity index (χ4v) is 9.64. The Hall–Kier alpha value is -8.41. The van der Waals surface area contributed by atoms with Crippen LogP contribution in [0.25, 0.3) is 122 Å². The lowest BCUT2D eigenvalue weighted by molar-refractivity contribution is 0.979. The van der Waals surface area contributed by atoms with Gasteiger partial charge < -0.3 is 4.40 Å². The van der Waals surface area contributed by atoms with Crippen LogP contribution in [0.5, 0.6) is 0 Å². The van der Waals surface area contributed by atoms with Gasteiger partial charge in [-0.15, -0.1) is 0 Å². The molecule has 0 N–H and O–H groups in total. The van der Waals surface area contributed by atoms with Crippen molar-refractivity contribution in [2.24, 2.45) is 0 Å². The van der Waals surface area contributed by atoms with Gasteiger partial charge in [0.05, 0.1) is 39.1 Å². The van der Waals surface area contributed by atoms with Gasteiger partial charge in [0.2, 0.25) is 0 Å². The Morgan fingerprint density at radius 2 is 0.855 bits per heavy atom. The van der Waals surface area contributed by atoms with Gasteiger partial charge in [-0.05, 0) is 47.3 Å². The fraction of sp³-hybridized carbons (Fsp3) is 0. The summed E-state index contributed by atoms with van der Waals surface area (Å²) in [5, 5.41) is 12.7. The van der Waals surface area contributed by atoms with E-state index in [1.165, 1.54) is 38.1 Å². The molecule has 13 rings (SSSR count). The lowest BCUT2D eigenvalue weighted by atomic mass is 9.96. The summed E-state index contributed by atoms with van der Waals surface area (Å²) < 4.78 is 4.56. The molecule has 0 spiro atoms. The standard InChI is InChI=1S/C57H35N5/c1-4-16-38(17-5-1)53-54(39-18-6-2-7-19-39)60-62-52(34-41-22-10-11-23-43(41)56(53)62)37-30-28-36(29-31-37)48-35-49(59-57(58-48)40-20-8-3-9-21-40)42-32-46-44-24-12-14-26-50(44)61-51-27-15-13-25-45(51)47(33-42)55(46)61/h1-35H. The highest BCUT2D eigenvalue weighted by atomic mass is 15.2. The molecule has 13 aromatic rings. The van der Waals surface area contributed by atoms with Crippen molar-refractivity contribution in [3.8, 4) is 67.5 Å². The van der Waals surface area contributed by atoms with Crippen LogP contribution in [0.15, 0.2) is 212 Å². The van der Waals surface area contributed by atoms with Gasteiger partial charge in [-0.3, -0.25) is 0 Å². The third-order valence-corrected chi connectivity index (χ3v) is 12.5. The smallest absolute Gasteiger partial charge is 0.160 e. The predicted molar refractivity (Wildman–Crippen MR) is 256 cm³/mol. The number of hydrogen-bond acceptors (Lipinski definition) is 3. The molecule has 0 saturated carbocycles. The highest BCUT2D eigenvalue weighted by Crippen LogP contribution is 2.43. The Labute approximate surface area is 356 Å². The van der Waals surface area contributed by atoms with Crippen molar-refractivity contribution in [3.63, 3.8) is 0 Å². The van der Waals surface area contributed by atoms with E-state index in [0.717, 1.165) is 78.0 Å². The van der Waals surface area contributed by atoms with E-state index >= 15 is 0 Å². The average molecular weight is 790 g/mol. The van der Waals surface area contributed by atoms with E-state index in [0.29, 0.717) is 5.82 Å². The number of hydrogen-bond donors (Lipinski definition) is 0. The van der Waals surface area contributed by atoms with Crippen LogP contribution < -0.4 is 0 Å². The van der Waals surface area contributed by atoms with Crippen LogP contribution in [0.1, 0.15) is 0 Å². The molecule has 62 heavy (non-hydrogen) atoms. The van der Waals surface area contributed by atoms with Gasteiger partial charge in [0.25, 0.3) is 0 Å². The van der Waals surface area contributed by atoms with E-state index in [1.54, 1.807) is 0 Å². The first-order valence-electron chi connectivity index (χ1n) is 21.0. The number of benzene rings is 8. The molecule has 288 valence electrons. The Balaban J connectivity index is 0.997. The summed E-state index contributed by atoms with van der Waals surface area (Å²) in [7, 11) is 0. The Morgan fingerprint density at radius 1 is 0.339 bits per heavy atom. The minimum atomic E-state index is 0.691. The van der Waals surface area contributed by atoms with Gasteiger partial charge in [-0.1, -0.05) is 176 Å². The molecule has 0 aliphatic carbocycles. The number of pyridine rings is 1. The molecule has 5 nitrogen and oxygen atoms in total. The Kier molecular flexibility index (Phi) is 7.54. The number of nitrogens with zero attached hydrogens (tertiary/aromatic N) is 5. The number of fused-ring (bicyclic) bond motifs is 9. The lowest BCUT2D eigenvalue weighted by Crippen LogP contribution is -1.97. The van der Waals surface area contributed by atoms with Crippen LogP contribution in [0.3, 0.4) is 0 Å². The van der Waals surface area contributed by atoms with E-state index in [1.807, 2.05) is 18.2 Å². The second-order valence-corrected chi connectivity index (χ2v) is 16.0. The Morgan fingerprint density at radius 3 is 1.50 bits per heavy atom. The van der Waals surface area contributed by atoms with Crippen LogP contribution >= 0.6 is 0 Å². The van der Waals surface area contributed by atoms with Crippen molar-refractivity contribution >= 4 is 54.4 Å². The van der Waals surface area contributed by atoms with E-state index < -0.39 is 0 Å². The summed E-state index contributed by atoms with van der Waals surface area (Å²) in [6.07, 6.45) is 0. The normalized spacial score (nSPS) is 11.9. The molecule has 5 heteroatoms. The highest BCUT2D eigenvalue weighted by Gasteiger charge is 2.23. The third-order valence-electron chi connectivity index (χ3n) is 12.5. The maximum Gasteiger partial charge on any atom is 0.160 e. The maximum atomic E-state index is 5.42. The molecule has 5 heterocycles. The molecule has 0 aliphatic rings. The highest BCUT2D eigenvalue weighted by molar-refractivity contribution is 6.24. The molecule has 0 atom stereocenters. The molecule has 0 amide bonds. The van der Waals surface area contributed by atoms with E-state index in [-0.39, 0.29) is 0 Å². The lowest BCUT2D eigenvalue weighted by Gasteiger charge is -2.12. The first-order chi connectivity index (χ1) is 30.7. The van der Waals surface area contributed by atoms with E-state index in [4.69, 9.17) is 15.1 Å². The molecule has 0 saturated heterocycles. The molecule has 0 bridgehead atoms. The monoisotopic (exact) mass is 789 g/mol. The van der Waals surface area contributed by atoms with E-state index in [2.05, 4.69) is 203 Å². The molecular formula is C57H35N5. The summed E-state index contributed by atoms with van der Waals surface area (Å²) in [6, 6.07) is 75.3. The molecular weight excluding hydrogens is 755 g/mol. The first kappa shape index (κ1) is 34.5. The van der Waals surface area contributed by atoms with Crippen molar-refractivity contribution in [1.29, 1.82) is 0 Å². The van der Waals surface area contributed by atoms with Gasteiger partial charge in [-0.25, -0.2) is 14.5 Å². The molecule has 5 aromatic heterocycles. The average Bonchev–Trinajstić information content (AvgIpc) is 4.03. The fourth-order valence-electron chi connectivity index (χ4n) is 9.64. The minimum absolute atomic E-state index is 0.691. The number of para-hydroxylation sites is 2. The molecule has 0 aliphatic heterocycles. The largest absolute Gasteiger partial charge is 0.308 e. The van der Waals surface area contributed by atoms with Crippen molar-refractivity contribution < 1.29 is 0 Å². The van der Waals surface area contributed by atoms with Crippen molar-refractivity contribution in [2.75, 3.05) is 0 Å². The number of aromatic nitrogens is 5. The molecule has 0 radical (unpaired) electrons. The summed E-state index contributed by atoms with van der Waals surface area (Å²) in [5.74, 6) is 0.691. The van der Waals surface area contributed by atoms with Gasteiger partial charge in [0.1, 0.15) is 5.69 Å². The van der Waals surface area contributed by atoms with Crippen LogP contribution in [0, 0.1) is 0 Å². The van der Waals surface area contributed by atoms with Gasteiger partial charge >= 0.3 is 0 Å². The van der Waals surface area contributed by atoms with Gasteiger partial charge in [-0.2, -0.15) is 5.10 Å². The molecule has 8 aromatic carbocycles. The van der Waals surface area contributed by atoms with Crippen LogP contribution in [-0.2, 0) is 0 Å². The zero-order chi connectivity index (χ0) is 40.7. The summed E-state index contributed by atoms with van der Waals surface area (Å²) >= 11 is 0. The molecule has 0 fully saturated rings. The van der Waals surface area contributed by atoms with Gasteiger partial charge in [0, 0.05) is 60.3 Å². The van der Waals surface area contributed by atoms with Crippen molar-refractivity contribution in [1.82, 2.24) is 24.0 Å². The van der Waals surface area contributed by atoms with Crippen LogP contribution in [0.2, 0.25) is 0 Å². The summed E-state index contributed by atoms with van der Waals surface area (Å²) in [5.41, 5.74) is 15.9. The zero-order valence-corrected chi connectivity index (χ0v) is 33.4. The second-order valence-electron chi connectivity index (χ2n) is 16.0. The van der Waals surface area contributed by atoms with Crippen molar-refractivity contribution in [3.05, 3.63) is 212 Å². The number of rotatable bonds is 6. The second kappa shape index (κ2) is 13.6. The van der Waals surface area contributed by atoms with Crippen LogP contribution in [0.4, 0.5) is 0 Å². The topological polar surface area (TPSA) is 47.5 Å². The van der Waals surface area contributed by atoms with E-state index in [9.17, 15) is 0 Å². The zero-order valence-electron chi connectivity index (χ0n) is 33.4. The SMILES string of the molecule is c1ccc(-c2nc(-c3ccc(-c4cc5ccccc5c5c(-c6ccccc6)c(-c6ccccc6)nn45)cc3)cc(-c3cc4c5ccccc5n5c6ccccc6c(c3)c45)n2)cc1. The predicted octanol–water partition coefficient (Wildman–Crippen LogP) is 14.4. The van der Waals surface area contributed by atoms with Crippen LogP contribution in [-0.4, -0.2) is 24.0 Å². The third kappa shape index (κ3) is 5.25. The van der Waals surface area contributed by atoms with Crippen molar-refractivity contribution in [2.45, 2.75) is 0 Å². The minimum Gasteiger partial charge on any atom is -0.308 e. The quantitative estimate of drug-likeness (QED) is 0.169. The Bertz CT molecular complexity index is 3750. The molecule has 0 unspecified atom stereocenters. The first-order valence-corrected chi connectivity index (χ1v) is 21.0. The summed E-state index contributed by atoms with van der Waals surface area (Å²) in [6.45, 7) is 0.